The number of H-pyrrole nitrogens is 1. The van der Waals surface area contributed by atoms with Crippen LogP contribution >= 0.6 is 0 Å². The van der Waals surface area contributed by atoms with Gasteiger partial charge in [-0.15, -0.1) is 0 Å². The minimum atomic E-state index is -0.549. The third-order valence-corrected chi connectivity index (χ3v) is 1.90. The van der Waals surface area contributed by atoms with Crippen LogP contribution in [0.4, 0.5) is 11.5 Å². The van der Waals surface area contributed by atoms with Crippen molar-refractivity contribution in [2.24, 2.45) is 7.05 Å². The molecule has 0 unspecified atom stereocenters. The lowest BCUT2D eigenvalue weighted by Gasteiger charge is -2.11. The van der Waals surface area contributed by atoms with Gasteiger partial charge in [-0.05, 0) is 6.42 Å². The number of hydrogen-bond acceptors (Lipinski definition) is 4. The zero-order valence-corrected chi connectivity index (χ0v) is 8.26. The van der Waals surface area contributed by atoms with Crippen LogP contribution in [0.25, 0.3) is 0 Å². The van der Waals surface area contributed by atoms with Gasteiger partial charge in [0.05, 0.1) is 0 Å². The highest BCUT2D eigenvalue weighted by atomic mass is 16.2. The molecule has 0 amide bonds. The molecule has 0 aliphatic heterocycles. The SMILES string of the molecule is CCCNc1c(N)c(=O)[nH]c(=O)n1C. The van der Waals surface area contributed by atoms with Crippen molar-refractivity contribution in [3.63, 3.8) is 0 Å². The first-order valence-corrected chi connectivity index (χ1v) is 4.40. The molecule has 0 aromatic carbocycles. The van der Waals surface area contributed by atoms with E-state index < -0.39 is 11.2 Å². The summed E-state index contributed by atoms with van der Waals surface area (Å²) in [6, 6.07) is 0. The van der Waals surface area contributed by atoms with Gasteiger partial charge in [0, 0.05) is 13.6 Å². The molecular weight excluding hydrogens is 184 g/mol. The second kappa shape index (κ2) is 3.99. The molecule has 1 aromatic heterocycles. The smallest absolute Gasteiger partial charge is 0.329 e. The lowest BCUT2D eigenvalue weighted by atomic mass is 10.4. The van der Waals surface area contributed by atoms with Crippen LogP contribution in [0, 0.1) is 0 Å². The Bertz CT molecular complexity index is 398. The summed E-state index contributed by atoms with van der Waals surface area (Å²) in [6.45, 7) is 2.65. The molecule has 0 saturated heterocycles. The highest BCUT2D eigenvalue weighted by molar-refractivity contribution is 5.59. The van der Waals surface area contributed by atoms with Crippen LogP contribution in [0.3, 0.4) is 0 Å². The Kier molecular flexibility index (Phi) is 2.95. The molecule has 0 atom stereocenters. The quantitative estimate of drug-likeness (QED) is 0.609. The Labute approximate surface area is 80.8 Å². The Morgan fingerprint density at radius 2 is 2.14 bits per heavy atom. The number of hydrogen-bond donors (Lipinski definition) is 3. The monoisotopic (exact) mass is 198 g/mol. The van der Waals surface area contributed by atoms with Crippen LogP contribution in [0.5, 0.6) is 0 Å². The molecule has 0 fully saturated rings. The molecule has 0 saturated carbocycles. The third-order valence-electron chi connectivity index (χ3n) is 1.90. The average molecular weight is 198 g/mol. The van der Waals surface area contributed by atoms with E-state index in [-0.39, 0.29) is 5.69 Å². The third kappa shape index (κ3) is 1.78. The molecular formula is C8H14N4O2. The summed E-state index contributed by atoms with van der Waals surface area (Å²) in [5, 5.41) is 2.93. The van der Waals surface area contributed by atoms with E-state index in [2.05, 4.69) is 10.3 Å². The number of aromatic nitrogens is 2. The van der Waals surface area contributed by atoms with E-state index in [4.69, 9.17) is 5.73 Å². The number of nitrogens with one attached hydrogen (secondary N) is 2. The van der Waals surface area contributed by atoms with E-state index in [1.807, 2.05) is 6.92 Å². The van der Waals surface area contributed by atoms with Gasteiger partial charge in [-0.1, -0.05) is 6.92 Å². The van der Waals surface area contributed by atoms with Crippen LogP contribution in [0.15, 0.2) is 9.59 Å². The molecule has 0 aliphatic rings. The summed E-state index contributed by atoms with van der Waals surface area (Å²) in [6.07, 6.45) is 0.889. The first-order valence-electron chi connectivity index (χ1n) is 4.40. The van der Waals surface area contributed by atoms with Crippen molar-refractivity contribution < 1.29 is 0 Å². The van der Waals surface area contributed by atoms with Crippen molar-refractivity contribution >= 4 is 11.5 Å². The highest BCUT2D eigenvalue weighted by Gasteiger charge is 2.07. The Morgan fingerprint density at radius 1 is 1.50 bits per heavy atom. The standard InChI is InChI=1S/C8H14N4O2/c1-3-4-10-6-5(9)7(13)11-8(14)12(6)2/h10H,3-4,9H2,1-2H3,(H,11,13,14). The second-order valence-corrected chi connectivity index (χ2v) is 3.01. The zero-order chi connectivity index (χ0) is 10.7. The summed E-state index contributed by atoms with van der Waals surface area (Å²) >= 11 is 0. The van der Waals surface area contributed by atoms with Gasteiger partial charge in [-0.3, -0.25) is 14.3 Å². The number of aromatic amines is 1. The van der Waals surface area contributed by atoms with Crippen LogP contribution in [-0.2, 0) is 7.05 Å². The van der Waals surface area contributed by atoms with Crippen molar-refractivity contribution in [3.05, 3.63) is 20.8 Å². The van der Waals surface area contributed by atoms with E-state index in [1.165, 1.54) is 4.57 Å². The summed E-state index contributed by atoms with van der Waals surface area (Å²) < 4.78 is 1.28. The van der Waals surface area contributed by atoms with Gasteiger partial charge < -0.3 is 11.1 Å². The summed E-state index contributed by atoms with van der Waals surface area (Å²) in [4.78, 5) is 24.4. The van der Waals surface area contributed by atoms with Crippen molar-refractivity contribution in [1.29, 1.82) is 0 Å². The highest BCUT2D eigenvalue weighted by Crippen LogP contribution is 2.08. The van der Waals surface area contributed by atoms with E-state index in [9.17, 15) is 9.59 Å². The van der Waals surface area contributed by atoms with Gasteiger partial charge >= 0.3 is 5.69 Å². The summed E-state index contributed by atoms with van der Waals surface area (Å²) in [5.41, 5.74) is 4.55. The minimum Gasteiger partial charge on any atom is -0.391 e. The minimum absolute atomic E-state index is 0.0422. The van der Waals surface area contributed by atoms with E-state index >= 15 is 0 Å². The topological polar surface area (TPSA) is 92.9 Å². The van der Waals surface area contributed by atoms with Gasteiger partial charge in [-0.2, -0.15) is 0 Å². The Hall–Kier alpha value is -1.72. The van der Waals surface area contributed by atoms with Crippen molar-refractivity contribution in [2.75, 3.05) is 17.6 Å². The average Bonchev–Trinajstić information content (AvgIpc) is 2.15. The Morgan fingerprint density at radius 3 is 2.71 bits per heavy atom. The predicted molar refractivity (Wildman–Crippen MR) is 55.5 cm³/mol. The molecule has 1 rings (SSSR count). The molecule has 6 heteroatoms. The van der Waals surface area contributed by atoms with Crippen molar-refractivity contribution in [3.8, 4) is 0 Å². The summed E-state index contributed by atoms with van der Waals surface area (Å²) in [5.74, 6) is 0.376. The maximum Gasteiger partial charge on any atom is 0.329 e. The molecule has 0 bridgehead atoms. The second-order valence-electron chi connectivity index (χ2n) is 3.01. The summed E-state index contributed by atoms with van der Waals surface area (Å²) in [7, 11) is 1.55. The molecule has 0 aliphatic carbocycles. The van der Waals surface area contributed by atoms with E-state index in [0.717, 1.165) is 6.42 Å². The fourth-order valence-electron chi connectivity index (χ4n) is 1.10. The van der Waals surface area contributed by atoms with Gasteiger partial charge in [0.15, 0.2) is 0 Å². The molecule has 14 heavy (non-hydrogen) atoms. The van der Waals surface area contributed by atoms with Crippen LogP contribution in [0.1, 0.15) is 13.3 Å². The van der Waals surface area contributed by atoms with E-state index in [1.54, 1.807) is 7.05 Å². The molecule has 4 N–H and O–H groups in total. The fourth-order valence-corrected chi connectivity index (χ4v) is 1.10. The Balaban J connectivity index is 3.25. The van der Waals surface area contributed by atoms with Gasteiger partial charge in [-0.25, -0.2) is 4.79 Å². The molecule has 0 spiro atoms. The molecule has 1 heterocycles. The van der Waals surface area contributed by atoms with Crippen molar-refractivity contribution in [1.82, 2.24) is 9.55 Å². The van der Waals surface area contributed by atoms with E-state index in [0.29, 0.717) is 12.4 Å². The van der Waals surface area contributed by atoms with Crippen molar-refractivity contribution in [2.45, 2.75) is 13.3 Å². The predicted octanol–water partition coefficient (Wildman–Crippen LogP) is -0.522. The number of anilines is 2. The largest absolute Gasteiger partial charge is 0.391 e. The number of nitrogen functional groups attached to an aromatic ring is 1. The molecule has 1 aromatic rings. The first-order chi connectivity index (χ1) is 6.57. The lowest BCUT2D eigenvalue weighted by Crippen LogP contribution is -2.32. The zero-order valence-electron chi connectivity index (χ0n) is 8.26. The lowest BCUT2D eigenvalue weighted by molar-refractivity contribution is 0.798. The maximum atomic E-state index is 11.2. The van der Waals surface area contributed by atoms with Gasteiger partial charge in [0.25, 0.3) is 5.56 Å². The normalized spacial score (nSPS) is 10.1. The molecule has 0 radical (unpaired) electrons. The van der Waals surface area contributed by atoms with Gasteiger partial charge in [0.1, 0.15) is 11.5 Å². The fraction of sp³-hybridized carbons (Fsp3) is 0.500. The number of rotatable bonds is 3. The van der Waals surface area contributed by atoms with Gasteiger partial charge in [0.2, 0.25) is 0 Å². The first kappa shape index (κ1) is 10.4. The number of nitrogens with zero attached hydrogens (tertiary/aromatic N) is 1. The van der Waals surface area contributed by atoms with Crippen LogP contribution in [-0.4, -0.2) is 16.1 Å². The molecule has 6 nitrogen and oxygen atoms in total. The number of nitrogens with two attached hydrogens (primary N) is 1. The maximum absolute atomic E-state index is 11.2. The van der Waals surface area contributed by atoms with Crippen LogP contribution < -0.4 is 22.3 Å². The van der Waals surface area contributed by atoms with Crippen LogP contribution in [0.2, 0.25) is 0 Å². The molecule has 78 valence electrons.